The topological polar surface area (TPSA) is 9.23 Å². The summed E-state index contributed by atoms with van der Waals surface area (Å²) in [5.74, 6) is -2.85. The fourth-order valence-electron chi connectivity index (χ4n) is 2.70. The van der Waals surface area contributed by atoms with Crippen LogP contribution in [-0.4, -0.2) is 13.5 Å². The molecule has 1 fully saturated rings. The maximum absolute atomic E-state index is 13.9. The lowest BCUT2D eigenvalue weighted by Crippen LogP contribution is -2.20. The van der Waals surface area contributed by atoms with Crippen LogP contribution in [0.5, 0.6) is 5.75 Å². The number of benzene rings is 1. The molecule has 19 heavy (non-hydrogen) atoms. The van der Waals surface area contributed by atoms with Crippen molar-refractivity contribution in [2.24, 2.45) is 5.92 Å². The standard InChI is InChI=1S/C14H16F4O/c1-19-11-7-6-10(12(15)13(11)16)8-2-4-9(5-3-8)14(17)18/h6-9,14H,2-5H2,1H3. The number of rotatable bonds is 3. The van der Waals surface area contributed by atoms with Crippen molar-refractivity contribution in [3.8, 4) is 5.75 Å². The van der Waals surface area contributed by atoms with E-state index in [1.54, 1.807) is 0 Å². The smallest absolute Gasteiger partial charge is 0.241 e. The summed E-state index contributed by atoms with van der Waals surface area (Å²) in [6, 6.07) is 2.87. The van der Waals surface area contributed by atoms with Crippen LogP contribution in [0.15, 0.2) is 12.1 Å². The summed E-state index contributed by atoms with van der Waals surface area (Å²) in [5.41, 5.74) is 0.269. The van der Waals surface area contributed by atoms with E-state index in [4.69, 9.17) is 4.74 Å². The summed E-state index contributed by atoms with van der Waals surface area (Å²) < 4.78 is 57.3. The van der Waals surface area contributed by atoms with E-state index >= 15 is 0 Å². The largest absolute Gasteiger partial charge is 0.494 e. The molecule has 0 unspecified atom stereocenters. The van der Waals surface area contributed by atoms with E-state index in [0.717, 1.165) is 0 Å². The SMILES string of the molecule is COc1ccc(C2CCC(C(F)F)CC2)c(F)c1F. The monoisotopic (exact) mass is 276 g/mol. The molecule has 0 heterocycles. The van der Waals surface area contributed by atoms with Gasteiger partial charge in [0.25, 0.3) is 0 Å². The molecule has 5 heteroatoms. The molecule has 1 aliphatic carbocycles. The molecule has 1 aromatic rings. The molecule has 0 aromatic heterocycles. The molecule has 106 valence electrons. The number of methoxy groups -OCH3 is 1. The number of alkyl halides is 2. The molecule has 0 aliphatic heterocycles. The highest BCUT2D eigenvalue weighted by atomic mass is 19.3. The highest BCUT2D eigenvalue weighted by molar-refractivity contribution is 5.33. The summed E-state index contributed by atoms with van der Waals surface area (Å²) >= 11 is 0. The lowest BCUT2D eigenvalue weighted by atomic mass is 9.78. The van der Waals surface area contributed by atoms with Crippen molar-refractivity contribution in [2.45, 2.75) is 38.0 Å². The predicted molar refractivity (Wildman–Crippen MR) is 63.6 cm³/mol. The quantitative estimate of drug-likeness (QED) is 0.738. The zero-order valence-corrected chi connectivity index (χ0v) is 10.6. The Labute approximate surface area is 109 Å². The summed E-state index contributed by atoms with van der Waals surface area (Å²) in [5, 5.41) is 0. The molecular formula is C14H16F4O. The van der Waals surface area contributed by atoms with Crippen molar-refractivity contribution in [2.75, 3.05) is 7.11 Å². The Bertz CT molecular complexity index is 439. The Hall–Kier alpha value is -1.26. The predicted octanol–water partition coefficient (Wildman–Crippen LogP) is 4.51. The zero-order chi connectivity index (χ0) is 14.0. The van der Waals surface area contributed by atoms with Crippen molar-refractivity contribution in [3.63, 3.8) is 0 Å². The maximum Gasteiger partial charge on any atom is 0.241 e. The maximum atomic E-state index is 13.9. The van der Waals surface area contributed by atoms with Gasteiger partial charge in [0.1, 0.15) is 0 Å². The van der Waals surface area contributed by atoms with Crippen LogP contribution >= 0.6 is 0 Å². The number of hydrogen-bond donors (Lipinski definition) is 0. The molecule has 1 aliphatic rings. The van der Waals surface area contributed by atoms with Crippen LogP contribution in [0.1, 0.15) is 37.2 Å². The number of hydrogen-bond acceptors (Lipinski definition) is 1. The van der Waals surface area contributed by atoms with E-state index in [1.165, 1.54) is 19.2 Å². The second-order valence-electron chi connectivity index (χ2n) is 4.93. The molecule has 0 N–H and O–H groups in total. The van der Waals surface area contributed by atoms with Gasteiger partial charge in [0.05, 0.1) is 7.11 Å². The van der Waals surface area contributed by atoms with E-state index in [0.29, 0.717) is 25.7 Å². The highest BCUT2D eigenvalue weighted by Gasteiger charge is 2.30. The van der Waals surface area contributed by atoms with Gasteiger partial charge in [-0.15, -0.1) is 0 Å². The molecule has 1 nitrogen and oxygen atoms in total. The summed E-state index contributed by atoms with van der Waals surface area (Å²) in [7, 11) is 1.27. The van der Waals surface area contributed by atoms with E-state index in [9.17, 15) is 17.6 Å². The summed E-state index contributed by atoms with van der Waals surface area (Å²) in [6.45, 7) is 0. The van der Waals surface area contributed by atoms with Gasteiger partial charge in [-0.1, -0.05) is 6.07 Å². The van der Waals surface area contributed by atoms with Crippen LogP contribution in [0.2, 0.25) is 0 Å². The first-order valence-corrected chi connectivity index (χ1v) is 6.34. The van der Waals surface area contributed by atoms with E-state index in [1.807, 2.05) is 0 Å². The van der Waals surface area contributed by atoms with Gasteiger partial charge in [-0.2, -0.15) is 4.39 Å². The first-order valence-electron chi connectivity index (χ1n) is 6.34. The molecule has 0 bridgehead atoms. The Morgan fingerprint density at radius 1 is 1.05 bits per heavy atom. The van der Waals surface area contributed by atoms with Crippen LogP contribution < -0.4 is 4.74 Å². The Kier molecular flexibility index (Phi) is 4.32. The van der Waals surface area contributed by atoms with Gasteiger partial charge < -0.3 is 4.74 Å². The van der Waals surface area contributed by atoms with Crippen LogP contribution in [0.4, 0.5) is 17.6 Å². The van der Waals surface area contributed by atoms with Crippen molar-refractivity contribution in [1.82, 2.24) is 0 Å². The average Bonchev–Trinajstić information content (AvgIpc) is 2.42. The second-order valence-corrected chi connectivity index (χ2v) is 4.93. The minimum Gasteiger partial charge on any atom is -0.494 e. The molecule has 2 rings (SSSR count). The molecule has 0 amide bonds. The molecule has 0 spiro atoms. The molecule has 0 saturated heterocycles. The first kappa shape index (κ1) is 14.2. The first-order chi connectivity index (χ1) is 9.04. The van der Waals surface area contributed by atoms with Gasteiger partial charge in [0.2, 0.25) is 12.2 Å². The fourth-order valence-corrected chi connectivity index (χ4v) is 2.70. The molecule has 1 aromatic carbocycles. The lowest BCUT2D eigenvalue weighted by molar-refractivity contribution is 0.0526. The van der Waals surface area contributed by atoms with Crippen LogP contribution in [0.25, 0.3) is 0 Å². The second kappa shape index (κ2) is 5.80. The molecule has 0 atom stereocenters. The minimum absolute atomic E-state index is 0.137. The highest BCUT2D eigenvalue weighted by Crippen LogP contribution is 2.40. The van der Waals surface area contributed by atoms with Crippen molar-refractivity contribution < 1.29 is 22.3 Å². The molecule has 1 saturated carbocycles. The Balaban J connectivity index is 2.14. The van der Waals surface area contributed by atoms with Crippen LogP contribution in [0, 0.1) is 17.6 Å². The zero-order valence-electron chi connectivity index (χ0n) is 10.6. The van der Waals surface area contributed by atoms with Crippen molar-refractivity contribution >= 4 is 0 Å². The molecule has 0 radical (unpaired) electrons. The minimum atomic E-state index is -2.32. The summed E-state index contributed by atoms with van der Waals surface area (Å²) in [4.78, 5) is 0. The lowest BCUT2D eigenvalue weighted by Gasteiger charge is -2.28. The van der Waals surface area contributed by atoms with Crippen molar-refractivity contribution in [1.29, 1.82) is 0 Å². The van der Waals surface area contributed by atoms with E-state index in [2.05, 4.69) is 0 Å². The van der Waals surface area contributed by atoms with Gasteiger partial charge in [-0.25, -0.2) is 13.2 Å². The average molecular weight is 276 g/mol. The van der Waals surface area contributed by atoms with Gasteiger partial charge in [-0.05, 0) is 43.2 Å². The van der Waals surface area contributed by atoms with Crippen LogP contribution in [0.3, 0.4) is 0 Å². The van der Waals surface area contributed by atoms with E-state index < -0.39 is 24.0 Å². The fraction of sp³-hybridized carbons (Fsp3) is 0.571. The van der Waals surface area contributed by atoms with Gasteiger partial charge >= 0.3 is 0 Å². The third-order valence-electron chi connectivity index (χ3n) is 3.86. The Morgan fingerprint density at radius 2 is 1.68 bits per heavy atom. The van der Waals surface area contributed by atoms with E-state index in [-0.39, 0.29) is 17.2 Å². The normalized spacial score (nSPS) is 23.7. The summed E-state index contributed by atoms with van der Waals surface area (Å²) in [6.07, 6.45) is -0.668. The Morgan fingerprint density at radius 3 is 2.21 bits per heavy atom. The van der Waals surface area contributed by atoms with Gasteiger partial charge in [0, 0.05) is 5.92 Å². The van der Waals surface area contributed by atoms with Gasteiger partial charge in [0.15, 0.2) is 11.6 Å². The number of halogens is 4. The van der Waals surface area contributed by atoms with Gasteiger partial charge in [-0.3, -0.25) is 0 Å². The molecular weight excluding hydrogens is 260 g/mol. The van der Waals surface area contributed by atoms with Crippen molar-refractivity contribution in [3.05, 3.63) is 29.3 Å². The number of ether oxygens (including phenoxy) is 1. The third-order valence-corrected chi connectivity index (χ3v) is 3.86. The third kappa shape index (κ3) is 2.85. The van der Waals surface area contributed by atoms with Crippen LogP contribution in [-0.2, 0) is 0 Å².